The van der Waals surface area contributed by atoms with Crippen LogP contribution >= 0.6 is 0 Å². The number of nitrogens with two attached hydrogens (primary N) is 2. The molecule has 0 saturated heterocycles. The summed E-state index contributed by atoms with van der Waals surface area (Å²) in [5.41, 5.74) is 10.9. The number of hydrogen-bond acceptors (Lipinski definition) is 5. The SMILES string of the molecule is C=CC(=NC(C)N(C)C(N)CC(N)=O)N(C=C)C=O. The molecule has 2 atom stereocenters. The van der Waals surface area contributed by atoms with Crippen molar-refractivity contribution >= 4 is 18.2 Å². The van der Waals surface area contributed by atoms with Crippen molar-refractivity contribution < 1.29 is 9.59 Å². The summed E-state index contributed by atoms with van der Waals surface area (Å²) >= 11 is 0. The van der Waals surface area contributed by atoms with E-state index < -0.39 is 12.1 Å². The first-order valence-electron chi connectivity index (χ1n) is 5.69. The smallest absolute Gasteiger partial charge is 0.220 e. The maximum absolute atomic E-state index is 10.8. The van der Waals surface area contributed by atoms with Crippen LogP contribution in [0.1, 0.15) is 13.3 Å². The molecule has 0 aromatic heterocycles. The van der Waals surface area contributed by atoms with Crippen molar-refractivity contribution in [2.45, 2.75) is 25.7 Å². The zero-order valence-electron chi connectivity index (χ0n) is 11.3. The Hall–Kier alpha value is -1.99. The van der Waals surface area contributed by atoms with Crippen molar-refractivity contribution in [3.05, 3.63) is 25.4 Å². The van der Waals surface area contributed by atoms with Crippen LogP contribution < -0.4 is 11.5 Å². The first-order chi connectivity index (χ1) is 8.87. The summed E-state index contributed by atoms with van der Waals surface area (Å²) in [5, 5.41) is 0. The molecule has 0 fully saturated rings. The number of primary amides is 1. The summed E-state index contributed by atoms with van der Waals surface area (Å²) in [5.74, 6) is -0.143. The van der Waals surface area contributed by atoms with Crippen LogP contribution in [0.4, 0.5) is 0 Å². The molecule has 4 N–H and O–H groups in total. The minimum atomic E-state index is -0.546. The van der Waals surface area contributed by atoms with E-state index in [0.717, 1.165) is 0 Å². The van der Waals surface area contributed by atoms with Gasteiger partial charge in [-0.25, -0.2) is 4.99 Å². The lowest BCUT2D eigenvalue weighted by atomic mass is 10.3. The quantitative estimate of drug-likeness (QED) is 0.270. The third-order valence-electron chi connectivity index (χ3n) is 2.60. The van der Waals surface area contributed by atoms with Crippen molar-refractivity contribution in [3.63, 3.8) is 0 Å². The standard InChI is InChI=1S/C12H21N5O2/c1-5-12(17(6-2)8-18)15-9(3)16(4)10(13)7-11(14)19/h5-6,8-10H,1-2,7,13H2,3-4H3,(H2,14,19). The molecule has 0 aliphatic carbocycles. The summed E-state index contributed by atoms with van der Waals surface area (Å²) in [4.78, 5) is 28.7. The van der Waals surface area contributed by atoms with E-state index >= 15 is 0 Å². The predicted molar refractivity (Wildman–Crippen MR) is 74.7 cm³/mol. The molecular weight excluding hydrogens is 246 g/mol. The van der Waals surface area contributed by atoms with E-state index in [2.05, 4.69) is 18.2 Å². The maximum Gasteiger partial charge on any atom is 0.220 e. The number of amides is 2. The van der Waals surface area contributed by atoms with E-state index in [9.17, 15) is 9.59 Å². The fourth-order valence-electron chi connectivity index (χ4n) is 1.33. The number of aliphatic imine (C=N–C) groups is 1. The largest absolute Gasteiger partial charge is 0.370 e. The molecule has 106 valence electrons. The molecule has 7 heteroatoms. The normalized spacial score (nSPS) is 14.6. The molecule has 0 spiro atoms. The first kappa shape index (κ1) is 17.0. The van der Waals surface area contributed by atoms with Gasteiger partial charge in [0, 0.05) is 6.20 Å². The average Bonchev–Trinajstić information content (AvgIpc) is 2.36. The van der Waals surface area contributed by atoms with Gasteiger partial charge in [-0.05, 0) is 20.0 Å². The minimum absolute atomic E-state index is 0.0264. The molecule has 0 aromatic rings. The van der Waals surface area contributed by atoms with Crippen LogP contribution in [0.3, 0.4) is 0 Å². The number of carbonyl (C=O) groups is 2. The van der Waals surface area contributed by atoms with Crippen molar-refractivity contribution in [3.8, 4) is 0 Å². The van der Waals surface area contributed by atoms with Crippen molar-refractivity contribution in [2.24, 2.45) is 16.5 Å². The van der Waals surface area contributed by atoms with Crippen molar-refractivity contribution in [1.29, 1.82) is 0 Å². The fraction of sp³-hybridized carbons (Fsp3) is 0.417. The number of amidine groups is 1. The van der Waals surface area contributed by atoms with E-state index in [-0.39, 0.29) is 12.6 Å². The molecule has 0 radical (unpaired) electrons. The van der Waals surface area contributed by atoms with Gasteiger partial charge in [0.1, 0.15) is 12.0 Å². The molecule has 0 rings (SSSR count). The van der Waals surface area contributed by atoms with Gasteiger partial charge in [0.15, 0.2) is 0 Å². The van der Waals surface area contributed by atoms with Gasteiger partial charge in [0.05, 0.1) is 12.6 Å². The van der Waals surface area contributed by atoms with Gasteiger partial charge in [-0.2, -0.15) is 0 Å². The van der Waals surface area contributed by atoms with Crippen molar-refractivity contribution in [2.75, 3.05) is 7.05 Å². The predicted octanol–water partition coefficient (Wildman–Crippen LogP) is -0.389. The monoisotopic (exact) mass is 267 g/mol. The average molecular weight is 267 g/mol. The van der Waals surface area contributed by atoms with Crippen LogP contribution in [-0.4, -0.2) is 47.3 Å². The van der Waals surface area contributed by atoms with Crippen LogP contribution in [0, 0.1) is 0 Å². The highest BCUT2D eigenvalue weighted by molar-refractivity contribution is 5.99. The highest BCUT2D eigenvalue weighted by Gasteiger charge is 2.18. The lowest BCUT2D eigenvalue weighted by Crippen LogP contribution is -2.46. The summed E-state index contributed by atoms with van der Waals surface area (Å²) in [6.45, 7) is 8.85. The van der Waals surface area contributed by atoms with E-state index in [1.165, 1.54) is 17.2 Å². The molecule has 0 bridgehead atoms. The molecular formula is C12H21N5O2. The third kappa shape index (κ3) is 5.45. The second-order valence-electron chi connectivity index (χ2n) is 3.92. The lowest BCUT2D eigenvalue weighted by molar-refractivity contribution is -0.119. The van der Waals surface area contributed by atoms with Gasteiger partial charge in [0.2, 0.25) is 12.3 Å². The van der Waals surface area contributed by atoms with E-state index in [0.29, 0.717) is 12.2 Å². The van der Waals surface area contributed by atoms with Gasteiger partial charge in [-0.3, -0.25) is 19.4 Å². The van der Waals surface area contributed by atoms with Gasteiger partial charge in [-0.15, -0.1) is 0 Å². The Balaban J connectivity index is 4.92. The van der Waals surface area contributed by atoms with E-state index in [1.54, 1.807) is 18.9 Å². The van der Waals surface area contributed by atoms with Gasteiger partial charge >= 0.3 is 0 Å². The molecule has 0 aromatic carbocycles. The Morgan fingerprint density at radius 2 is 2.05 bits per heavy atom. The molecule has 2 unspecified atom stereocenters. The van der Waals surface area contributed by atoms with E-state index in [4.69, 9.17) is 11.5 Å². The van der Waals surface area contributed by atoms with E-state index in [1.807, 2.05) is 0 Å². The Morgan fingerprint density at radius 3 is 2.42 bits per heavy atom. The van der Waals surface area contributed by atoms with Gasteiger partial charge in [0.25, 0.3) is 0 Å². The number of hydrogen-bond donors (Lipinski definition) is 2. The zero-order chi connectivity index (χ0) is 15.0. The summed E-state index contributed by atoms with van der Waals surface area (Å²) < 4.78 is 0. The summed E-state index contributed by atoms with van der Waals surface area (Å²) in [6, 6.07) is 0. The lowest BCUT2D eigenvalue weighted by Gasteiger charge is -2.28. The first-order valence-corrected chi connectivity index (χ1v) is 5.69. The van der Waals surface area contributed by atoms with Crippen LogP contribution in [-0.2, 0) is 9.59 Å². The van der Waals surface area contributed by atoms with Crippen LogP contribution in [0.15, 0.2) is 30.4 Å². The number of rotatable bonds is 8. The molecule has 0 heterocycles. The van der Waals surface area contributed by atoms with Crippen LogP contribution in [0.5, 0.6) is 0 Å². The summed E-state index contributed by atoms with van der Waals surface area (Å²) in [6.07, 6.45) is 2.45. The number of carbonyl (C=O) groups excluding carboxylic acids is 2. The maximum atomic E-state index is 10.8. The molecule has 19 heavy (non-hydrogen) atoms. The molecule has 7 nitrogen and oxygen atoms in total. The third-order valence-corrected chi connectivity index (χ3v) is 2.60. The van der Waals surface area contributed by atoms with Crippen LogP contribution in [0.25, 0.3) is 0 Å². The summed E-state index contributed by atoms with van der Waals surface area (Å²) in [7, 11) is 1.71. The molecule has 2 amide bonds. The second-order valence-corrected chi connectivity index (χ2v) is 3.92. The highest BCUT2D eigenvalue weighted by atomic mass is 16.1. The minimum Gasteiger partial charge on any atom is -0.370 e. The molecule has 0 saturated carbocycles. The van der Waals surface area contributed by atoms with Gasteiger partial charge in [-0.1, -0.05) is 13.2 Å². The Bertz CT molecular complexity index is 372. The van der Waals surface area contributed by atoms with Crippen LogP contribution in [0.2, 0.25) is 0 Å². The highest BCUT2D eigenvalue weighted by Crippen LogP contribution is 2.05. The molecule has 0 aliphatic heterocycles. The molecule has 0 aliphatic rings. The second kappa shape index (κ2) is 8.17. The Kier molecular flexibility index (Phi) is 7.32. The fourth-order valence-corrected chi connectivity index (χ4v) is 1.33. The zero-order valence-corrected chi connectivity index (χ0v) is 11.3. The van der Waals surface area contributed by atoms with Crippen molar-refractivity contribution in [1.82, 2.24) is 9.80 Å². The number of nitrogens with zero attached hydrogens (tertiary/aromatic N) is 3. The van der Waals surface area contributed by atoms with Gasteiger partial charge < -0.3 is 11.5 Å². The Labute approximate surface area is 113 Å². The topological polar surface area (TPSA) is 105 Å². The Morgan fingerprint density at radius 1 is 1.47 bits per heavy atom.